The number of hydrogen-bond acceptors (Lipinski definition) is 4. The fraction of sp³-hybridized carbons (Fsp3) is 0.667. The largest absolute Gasteiger partial charge is 0.481 e. The second-order valence-corrected chi connectivity index (χ2v) is 4.99. The molecule has 2 N–H and O–H groups in total. The molecule has 0 radical (unpaired) electrons. The van der Waals surface area contributed by atoms with Crippen molar-refractivity contribution >= 4 is 11.9 Å². The van der Waals surface area contributed by atoms with Crippen LogP contribution in [0.2, 0.25) is 0 Å². The van der Waals surface area contributed by atoms with Crippen LogP contribution in [-0.4, -0.2) is 50.2 Å². The minimum atomic E-state index is -0.857. The van der Waals surface area contributed by atoms with E-state index in [1.54, 1.807) is 0 Å². The molecule has 2 heterocycles. The van der Waals surface area contributed by atoms with E-state index in [-0.39, 0.29) is 24.2 Å². The molecular weight excluding hydrogens is 248 g/mol. The summed E-state index contributed by atoms with van der Waals surface area (Å²) in [6.07, 6.45) is 1.67. The van der Waals surface area contributed by atoms with Crippen molar-refractivity contribution in [3.63, 3.8) is 0 Å². The normalized spacial score (nSPS) is 22.7. The van der Waals surface area contributed by atoms with E-state index in [1.165, 1.54) is 4.90 Å². The standard InChI is InChI=1S/C12H18N4O3/c1-3-4-9-13-10(15-14-9)11(17)16-5-7(2)8(6-16)12(18)19/h7-8H,3-6H2,1-2H3,(H,18,19)(H,13,14,15). The van der Waals surface area contributed by atoms with Gasteiger partial charge in [-0.05, 0) is 12.3 Å². The second kappa shape index (κ2) is 5.38. The molecule has 7 nitrogen and oxygen atoms in total. The molecule has 0 spiro atoms. The Labute approximate surface area is 111 Å². The van der Waals surface area contributed by atoms with Gasteiger partial charge in [0.1, 0.15) is 5.82 Å². The first-order valence-electron chi connectivity index (χ1n) is 6.46. The average Bonchev–Trinajstić information content (AvgIpc) is 2.95. The van der Waals surface area contributed by atoms with Gasteiger partial charge in [0, 0.05) is 19.5 Å². The smallest absolute Gasteiger partial charge is 0.308 e. The van der Waals surface area contributed by atoms with Crippen LogP contribution in [0.25, 0.3) is 0 Å². The number of likely N-dealkylation sites (tertiary alicyclic amines) is 1. The van der Waals surface area contributed by atoms with Crippen molar-refractivity contribution in [1.82, 2.24) is 20.1 Å². The van der Waals surface area contributed by atoms with Crippen molar-refractivity contribution in [2.45, 2.75) is 26.7 Å². The number of carboxylic acids is 1. The summed E-state index contributed by atoms with van der Waals surface area (Å²) in [6.45, 7) is 4.52. The minimum absolute atomic E-state index is 0.0458. The molecule has 1 aliphatic rings. The SMILES string of the molecule is CCCc1nc(C(=O)N2CC(C)C(C(=O)O)C2)n[nH]1. The maximum absolute atomic E-state index is 12.2. The van der Waals surface area contributed by atoms with Crippen molar-refractivity contribution in [2.75, 3.05) is 13.1 Å². The van der Waals surface area contributed by atoms with Gasteiger partial charge in [0.25, 0.3) is 5.91 Å². The van der Waals surface area contributed by atoms with Gasteiger partial charge in [0.2, 0.25) is 5.82 Å². The molecule has 2 atom stereocenters. The van der Waals surface area contributed by atoms with Crippen molar-refractivity contribution in [3.05, 3.63) is 11.6 Å². The minimum Gasteiger partial charge on any atom is -0.481 e. The lowest BCUT2D eigenvalue weighted by Gasteiger charge is -2.12. The highest BCUT2D eigenvalue weighted by molar-refractivity contribution is 5.91. The maximum atomic E-state index is 12.2. The number of aromatic nitrogens is 3. The Morgan fingerprint density at radius 3 is 2.79 bits per heavy atom. The molecule has 1 amide bonds. The van der Waals surface area contributed by atoms with E-state index in [1.807, 2.05) is 13.8 Å². The molecule has 1 aliphatic heterocycles. The number of carbonyl (C=O) groups is 2. The molecule has 2 unspecified atom stereocenters. The zero-order chi connectivity index (χ0) is 14.0. The molecule has 1 fully saturated rings. The van der Waals surface area contributed by atoms with Gasteiger partial charge in [0.15, 0.2) is 0 Å². The van der Waals surface area contributed by atoms with E-state index < -0.39 is 11.9 Å². The highest BCUT2D eigenvalue weighted by Crippen LogP contribution is 2.24. The lowest BCUT2D eigenvalue weighted by atomic mass is 9.99. The number of rotatable bonds is 4. The number of carbonyl (C=O) groups excluding carboxylic acids is 1. The molecule has 1 saturated heterocycles. The highest BCUT2D eigenvalue weighted by atomic mass is 16.4. The Morgan fingerprint density at radius 1 is 1.47 bits per heavy atom. The Hall–Kier alpha value is -1.92. The number of hydrogen-bond donors (Lipinski definition) is 2. The number of H-pyrrole nitrogens is 1. The van der Waals surface area contributed by atoms with Crippen LogP contribution in [0.15, 0.2) is 0 Å². The fourth-order valence-electron chi connectivity index (χ4n) is 2.34. The summed E-state index contributed by atoms with van der Waals surface area (Å²) in [7, 11) is 0. The fourth-order valence-corrected chi connectivity index (χ4v) is 2.34. The molecule has 1 aromatic heterocycles. The molecule has 104 valence electrons. The molecule has 19 heavy (non-hydrogen) atoms. The van der Waals surface area contributed by atoms with E-state index >= 15 is 0 Å². The number of nitrogens with zero attached hydrogens (tertiary/aromatic N) is 3. The van der Waals surface area contributed by atoms with Crippen molar-refractivity contribution in [3.8, 4) is 0 Å². The van der Waals surface area contributed by atoms with Crippen LogP contribution < -0.4 is 0 Å². The van der Waals surface area contributed by atoms with Gasteiger partial charge >= 0.3 is 5.97 Å². The third kappa shape index (κ3) is 2.74. The number of aryl methyl sites for hydroxylation is 1. The Bertz CT molecular complexity index is 485. The quantitative estimate of drug-likeness (QED) is 0.829. The zero-order valence-electron chi connectivity index (χ0n) is 11.1. The van der Waals surface area contributed by atoms with Gasteiger partial charge in [-0.2, -0.15) is 0 Å². The van der Waals surface area contributed by atoms with Crippen LogP contribution in [-0.2, 0) is 11.2 Å². The number of aromatic amines is 1. The lowest BCUT2D eigenvalue weighted by molar-refractivity contribution is -0.142. The zero-order valence-corrected chi connectivity index (χ0v) is 11.1. The third-order valence-electron chi connectivity index (χ3n) is 3.43. The second-order valence-electron chi connectivity index (χ2n) is 4.99. The van der Waals surface area contributed by atoms with Crippen LogP contribution in [0.1, 0.15) is 36.7 Å². The van der Waals surface area contributed by atoms with Crippen molar-refractivity contribution in [2.24, 2.45) is 11.8 Å². The Balaban J connectivity index is 2.06. The summed E-state index contributed by atoms with van der Waals surface area (Å²) in [5, 5.41) is 15.7. The van der Waals surface area contributed by atoms with E-state index in [2.05, 4.69) is 15.2 Å². The van der Waals surface area contributed by atoms with Crippen LogP contribution in [0, 0.1) is 11.8 Å². The number of aliphatic carboxylic acids is 1. The van der Waals surface area contributed by atoms with Gasteiger partial charge < -0.3 is 10.0 Å². The summed E-state index contributed by atoms with van der Waals surface area (Å²) < 4.78 is 0. The predicted octanol–water partition coefficient (Wildman–Crippen LogP) is 0.550. The van der Waals surface area contributed by atoms with E-state index in [9.17, 15) is 9.59 Å². The monoisotopic (exact) mass is 266 g/mol. The van der Waals surface area contributed by atoms with Gasteiger partial charge in [0.05, 0.1) is 5.92 Å². The molecule has 2 rings (SSSR count). The molecule has 7 heteroatoms. The van der Waals surface area contributed by atoms with E-state index in [4.69, 9.17) is 5.11 Å². The van der Waals surface area contributed by atoms with Gasteiger partial charge in [-0.1, -0.05) is 13.8 Å². The summed E-state index contributed by atoms with van der Waals surface area (Å²) >= 11 is 0. The first-order chi connectivity index (χ1) is 9.02. The molecule has 0 aromatic carbocycles. The molecule has 0 bridgehead atoms. The highest BCUT2D eigenvalue weighted by Gasteiger charge is 2.38. The summed E-state index contributed by atoms with van der Waals surface area (Å²) in [5.74, 6) is -0.887. The summed E-state index contributed by atoms with van der Waals surface area (Å²) in [6, 6.07) is 0. The lowest BCUT2D eigenvalue weighted by Crippen LogP contribution is -2.30. The van der Waals surface area contributed by atoms with Crippen LogP contribution >= 0.6 is 0 Å². The summed E-state index contributed by atoms with van der Waals surface area (Å²) in [5.41, 5.74) is 0. The topological polar surface area (TPSA) is 99.2 Å². The first kappa shape index (κ1) is 13.5. The number of nitrogens with one attached hydrogen (secondary N) is 1. The van der Waals surface area contributed by atoms with Gasteiger partial charge in [-0.25, -0.2) is 4.98 Å². The number of carboxylic acid groups (broad SMARTS) is 1. The van der Waals surface area contributed by atoms with E-state index in [0.29, 0.717) is 12.4 Å². The molecular formula is C12H18N4O3. The van der Waals surface area contributed by atoms with E-state index in [0.717, 1.165) is 12.8 Å². The number of amides is 1. The van der Waals surface area contributed by atoms with Gasteiger partial charge in [-0.15, -0.1) is 5.10 Å². The van der Waals surface area contributed by atoms with Crippen molar-refractivity contribution < 1.29 is 14.7 Å². The maximum Gasteiger partial charge on any atom is 0.308 e. The molecule has 1 aromatic rings. The first-order valence-corrected chi connectivity index (χ1v) is 6.46. The predicted molar refractivity (Wildman–Crippen MR) is 66.6 cm³/mol. The average molecular weight is 266 g/mol. The Morgan fingerprint density at radius 2 is 2.21 bits per heavy atom. The Kier molecular flexibility index (Phi) is 3.82. The van der Waals surface area contributed by atoms with Crippen LogP contribution in [0.3, 0.4) is 0 Å². The third-order valence-corrected chi connectivity index (χ3v) is 3.43. The van der Waals surface area contributed by atoms with Crippen LogP contribution in [0.4, 0.5) is 0 Å². The van der Waals surface area contributed by atoms with Crippen molar-refractivity contribution in [1.29, 1.82) is 0 Å². The molecule has 0 saturated carbocycles. The van der Waals surface area contributed by atoms with Crippen LogP contribution in [0.5, 0.6) is 0 Å². The summed E-state index contributed by atoms with van der Waals surface area (Å²) in [4.78, 5) is 28.8. The molecule has 0 aliphatic carbocycles. The van der Waals surface area contributed by atoms with Gasteiger partial charge in [-0.3, -0.25) is 14.7 Å².